The minimum atomic E-state index is -0.781. The van der Waals surface area contributed by atoms with Gasteiger partial charge in [0.05, 0.1) is 20.3 Å². The molecule has 176 valence electrons. The van der Waals surface area contributed by atoms with Crippen LogP contribution in [0.2, 0.25) is 0 Å². The molecule has 1 amide bonds. The summed E-state index contributed by atoms with van der Waals surface area (Å²) in [6.45, 7) is 0. The first-order chi connectivity index (χ1) is 17.1. The summed E-state index contributed by atoms with van der Waals surface area (Å²) < 4.78 is 9.95. The molecule has 1 atom stereocenters. The molecule has 0 spiro atoms. The third-order valence-electron chi connectivity index (χ3n) is 5.94. The van der Waals surface area contributed by atoms with E-state index in [-0.39, 0.29) is 11.9 Å². The first kappa shape index (κ1) is 23.4. The third kappa shape index (κ3) is 4.51. The van der Waals surface area contributed by atoms with E-state index in [1.165, 1.54) is 0 Å². The van der Waals surface area contributed by atoms with Crippen molar-refractivity contribution in [3.8, 4) is 11.5 Å². The molecule has 6 heteroatoms. The van der Waals surface area contributed by atoms with E-state index in [4.69, 9.17) is 9.47 Å². The van der Waals surface area contributed by atoms with Gasteiger partial charge in [0.25, 0.3) is 5.91 Å². The molecule has 4 nitrogen and oxygen atoms in total. The predicted molar refractivity (Wildman–Crippen MR) is 144 cm³/mol. The maximum atomic E-state index is 14.2. The van der Waals surface area contributed by atoms with Crippen LogP contribution in [0.3, 0.4) is 0 Å². The van der Waals surface area contributed by atoms with Crippen molar-refractivity contribution in [1.82, 2.24) is 0 Å². The van der Waals surface area contributed by atoms with E-state index in [1.807, 2.05) is 77.7 Å². The van der Waals surface area contributed by atoms with Gasteiger partial charge >= 0.3 is 0 Å². The molecule has 1 saturated heterocycles. The molecule has 0 saturated carbocycles. The Morgan fingerprint density at radius 3 is 1.57 bits per heavy atom. The lowest BCUT2D eigenvalue weighted by molar-refractivity contribution is -0.124. The predicted octanol–water partition coefficient (Wildman–Crippen LogP) is 7.07. The van der Waals surface area contributed by atoms with Gasteiger partial charge in [0.2, 0.25) is 0 Å². The summed E-state index contributed by atoms with van der Waals surface area (Å²) in [6.07, 6.45) is 0. The van der Waals surface area contributed by atoms with Crippen LogP contribution in [0.15, 0.2) is 119 Å². The maximum Gasteiger partial charge on any atom is 0.257 e. The second-order valence-electron chi connectivity index (χ2n) is 8.05. The Hall–Kier alpha value is -3.35. The summed E-state index contributed by atoms with van der Waals surface area (Å²) in [5.74, 6) is 1.60. The van der Waals surface area contributed by atoms with Gasteiger partial charge in [-0.2, -0.15) is 0 Å². The van der Waals surface area contributed by atoms with Crippen LogP contribution in [-0.2, 0) is 4.79 Å². The highest BCUT2D eigenvalue weighted by Crippen LogP contribution is 2.63. The number of nitrogens with zero attached hydrogens (tertiary/aromatic N) is 1. The fourth-order valence-corrected chi connectivity index (χ4v) is 7.33. The Kier molecular flexibility index (Phi) is 6.75. The fraction of sp³-hybridized carbons (Fsp3) is 0.138. The van der Waals surface area contributed by atoms with Crippen LogP contribution < -0.4 is 14.4 Å². The van der Waals surface area contributed by atoms with Crippen LogP contribution >= 0.6 is 23.5 Å². The molecule has 0 aliphatic carbocycles. The first-order valence-electron chi connectivity index (χ1n) is 11.2. The van der Waals surface area contributed by atoms with Gasteiger partial charge < -0.3 is 14.4 Å². The number of rotatable bonds is 8. The van der Waals surface area contributed by atoms with Gasteiger partial charge in [-0.3, -0.25) is 4.79 Å². The Balaban J connectivity index is 1.63. The summed E-state index contributed by atoms with van der Waals surface area (Å²) >= 11 is 3.23. The third-order valence-corrected chi connectivity index (χ3v) is 8.86. The largest absolute Gasteiger partial charge is 0.497 e. The summed E-state index contributed by atoms with van der Waals surface area (Å²) in [6, 6.07) is 35.8. The Bertz CT molecular complexity index is 1240. The van der Waals surface area contributed by atoms with Crippen molar-refractivity contribution in [2.24, 2.45) is 0 Å². The summed E-state index contributed by atoms with van der Waals surface area (Å²) in [5, 5.41) is 0. The summed E-state index contributed by atoms with van der Waals surface area (Å²) in [4.78, 5) is 18.2. The normalized spacial score (nSPS) is 16.5. The lowest BCUT2D eigenvalue weighted by Crippen LogP contribution is -2.65. The van der Waals surface area contributed by atoms with Crippen molar-refractivity contribution in [3.05, 3.63) is 115 Å². The van der Waals surface area contributed by atoms with Gasteiger partial charge in [-0.1, -0.05) is 72.1 Å². The Morgan fingerprint density at radius 1 is 0.657 bits per heavy atom. The number of benzene rings is 4. The molecule has 4 aromatic rings. The van der Waals surface area contributed by atoms with E-state index < -0.39 is 4.08 Å². The molecule has 0 unspecified atom stereocenters. The number of amides is 1. The number of hydrogen-bond donors (Lipinski definition) is 0. The second-order valence-corrected chi connectivity index (χ2v) is 10.9. The lowest BCUT2D eigenvalue weighted by atomic mass is 9.91. The fourth-order valence-electron chi connectivity index (χ4n) is 4.22. The number of hydrogen-bond acceptors (Lipinski definition) is 5. The van der Waals surface area contributed by atoms with Crippen LogP contribution in [0.4, 0.5) is 5.69 Å². The average molecular weight is 500 g/mol. The van der Waals surface area contributed by atoms with E-state index in [9.17, 15) is 4.79 Å². The highest BCUT2D eigenvalue weighted by atomic mass is 32.2. The maximum absolute atomic E-state index is 14.2. The van der Waals surface area contributed by atoms with Crippen LogP contribution in [-0.4, -0.2) is 24.2 Å². The number of carbonyl (C=O) groups is 1. The van der Waals surface area contributed by atoms with E-state index >= 15 is 0 Å². The average Bonchev–Trinajstić information content (AvgIpc) is 2.92. The Morgan fingerprint density at radius 2 is 1.11 bits per heavy atom. The van der Waals surface area contributed by atoms with Crippen molar-refractivity contribution in [3.63, 3.8) is 0 Å². The smallest absolute Gasteiger partial charge is 0.257 e. The highest BCUT2D eigenvalue weighted by molar-refractivity contribution is 8.19. The molecule has 1 aliphatic rings. The topological polar surface area (TPSA) is 38.8 Å². The van der Waals surface area contributed by atoms with Crippen LogP contribution in [0.25, 0.3) is 0 Å². The van der Waals surface area contributed by atoms with E-state index in [0.29, 0.717) is 0 Å². The van der Waals surface area contributed by atoms with Crippen LogP contribution in [0.5, 0.6) is 11.5 Å². The number of carbonyl (C=O) groups excluding carboxylic acids is 1. The minimum Gasteiger partial charge on any atom is -0.497 e. The zero-order valence-corrected chi connectivity index (χ0v) is 21.1. The van der Waals surface area contributed by atoms with Crippen molar-refractivity contribution in [2.45, 2.75) is 19.9 Å². The van der Waals surface area contributed by atoms with Crippen molar-refractivity contribution in [2.75, 3.05) is 19.1 Å². The molecule has 1 aliphatic heterocycles. The molecule has 0 N–H and O–H groups in total. The van der Waals surface area contributed by atoms with Crippen molar-refractivity contribution >= 4 is 35.1 Å². The molecule has 5 rings (SSSR count). The molecule has 0 radical (unpaired) electrons. The van der Waals surface area contributed by atoms with E-state index in [2.05, 4.69) is 36.4 Å². The lowest BCUT2D eigenvalue weighted by Gasteiger charge is -2.55. The number of anilines is 1. The standard InChI is InChI=1S/C29H25NO3S2/c1-32-23-17-13-21(14-18-23)27-29(34-25-9-5-3-6-10-25,35-26-11-7-4-8-12-26)28(31)30(27)22-15-19-24(33-2)20-16-22/h3-20,27H,1-2H3/t27-/m1/s1. The molecule has 4 aromatic carbocycles. The SMILES string of the molecule is COc1ccc([C@H]2N(c3ccc(OC)cc3)C(=O)C2(Sc2ccccc2)Sc2ccccc2)cc1. The van der Waals surface area contributed by atoms with Crippen molar-refractivity contribution < 1.29 is 14.3 Å². The molecule has 1 fully saturated rings. The van der Waals surface area contributed by atoms with E-state index in [1.54, 1.807) is 37.7 Å². The summed E-state index contributed by atoms with van der Waals surface area (Å²) in [5.41, 5.74) is 1.89. The molecule has 35 heavy (non-hydrogen) atoms. The van der Waals surface area contributed by atoms with Gasteiger partial charge in [-0.05, 0) is 66.2 Å². The number of methoxy groups -OCH3 is 2. The zero-order valence-electron chi connectivity index (χ0n) is 19.5. The quantitative estimate of drug-likeness (QED) is 0.191. The molecule has 1 heterocycles. The van der Waals surface area contributed by atoms with Crippen molar-refractivity contribution in [1.29, 1.82) is 0 Å². The van der Waals surface area contributed by atoms with Gasteiger partial charge in [-0.25, -0.2) is 0 Å². The van der Waals surface area contributed by atoms with Crippen LogP contribution in [0, 0.1) is 0 Å². The van der Waals surface area contributed by atoms with Gasteiger partial charge in [0.15, 0.2) is 4.08 Å². The van der Waals surface area contributed by atoms with Gasteiger partial charge in [-0.15, -0.1) is 0 Å². The first-order valence-corrected chi connectivity index (χ1v) is 12.9. The summed E-state index contributed by atoms with van der Waals surface area (Å²) in [7, 11) is 3.30. The molecular formula is C29H25NO3S2. The van der Waals surface area contributed by atoms with Crippen LogP contribution in [0.1, 0.15) is 11.6 Å². The number of thioether (sulfide) groups is 2. The number of ether oxygens (including phenoxy) is 2. The zero-order chi connectivity index (χ0) is 24.3. The monoisotopic (exact) mass is 499 g/mol. The van der Waals surface area contributed by atoms with Gasteiger partial charge in [0.1, 0.15) is 11.5 Å². The number of β-lactam (4-membered cyclic amide) rings is 1. The highest BCUT2D eigenvalue weighted by Gasteiger charge is 2.63. The molecule has 0 aromatic heterocycles. The van der Waals surface area contributed by atoms with E-state index in [0.717, 1.165) is 32.5 Å². The Labute approximate surface area is 214 Å². The molecular weight excluding hydrogens is 474 g/mol. The van der Waals surface area contributed by atoms with Gasteiger partial charge in [0, 0.05) is 15.5 Å². The second kappa shape index (κ2) is 10.1. The molecule has 0 bridgehead atoms. The minimum absolute atomic E-state index is 0.0613.